The van der Waals surface area contributed by atoms with Crippen molar-refractivity contribution in [3.63, 3.8) is 0 Å². The lowest BCUT2D eigenvalue weighted by atomic mass is 10.0. The van der Waals surface area contributed by atoms with Crippen LogP contribution in [-0.4, -0.2) is 18.5 Å². The van der Waals surface area contributed by atoms with Gasteiger partial charge in [-0.05, 0) is 31.9 Å². The molecule has 1 aromatic rings. The van der Waals surface area contributed by atoms with E-state index in [0.717, 1.165) is 29.5 Å². The van der Waals surface area contributed by atoms with Crippen molar-refractivity contribution >= 4 is 5.91 Å². The SMILES string of the molecule is CCCC(CN)NC(=O)c1cc(C)ccc1C. The Morgan fingerprint density at radius 2 is 2.12 bits per heavy atom. The number of hydrogen-bond acceptors (Lipinski definition) is 2. The molecule has 0 aromatic heterocycles. The zero-order valence-electron chi connectivity index (χ0n) is 10.9. The molecule has 0 aliphatic heterocycles. The first-order chi connectivity index (χ1) is 8.08. The zero-order valence-corrected chi connectivity index (χ0v) is 10.9. The van der Waals surface area contributed by atoms with Gasteiger partial charge in [0.2, 0.25) is 0 Å². The number of benzene rings is 1. The maximum Gasteiger partial charge on any atom is 0.251 e. The molecule has 1 aromatic carbocycles. The van der Waals surface area contributed by atoms with E-state index in [1.165, 1.54) is 0 Å². The minimum absolute atomic E-state index is 0.0184. The monoisotopic (exact) mass is 234 g/mol. The first-order valence-corrected chi connectivity index (χ1v) is 6.16. The molecule has 3 heteroatoms. The highest BCUT2D eigenvalue weighted by molar-refractivity contribution is 5.96. The minimum Gasteiger partial charge on any atom is -0.348 e. The van der Waals surface area contributed by atoms with Crippen molar-refractivity contribution in [1.29, 1.82) is 0 Å². The summed E-state index contributed by atoms with van der Waals surface area (Å²) in [6.45, 7) is 6.52. The summed E-state index contributed by atoms with van der Waals surface area (Å²) >= 11 is 0. The topological polar surface area (TPSA) is 55.1 Å². The van der Waals surface area contributed by atoms with Crippen molar-refractivity contribution in [3.8, 4) is 0 Å². The molecule has 1 unspecified atom stereocenters. The van der Waals surface area contributed by atoms with Crippen LogP contribution in [0, 0.1) is 13.8 Å². The molecular weight excluding hydrogens is 212 g/mol. The average molecular weight is 234 g/mol. The quantitative estimate of drug-likeness (QED) is 0.820. The van der Waals surface area contributed by atoms with Crippen LogP contribution in [0.4, 0.5) is 0 Å². The van der Waals surface area contributed by atoms with Gasteiger partial charge in [0, 0.05) is 18.2 Å². The average Bonchev–Trinajstić information content (AvgIpc) is 2.31. The fourth-order valence-electron chi connectivity index (χ4n) is 1.84. The Morgan fingerprint density at radius 1 is 1.41 bits per heavy atom. The van der Waals surface area contributed by atoms with Gasteiger partial charge in [-0.1, -0.05) is 31.0 Å². The summed E-state index contributed by atoms with van der Waals surface area (Å²) in [7, 11) is 0. The van der Waals surface area contributed by atoms with Crippen LogP contribution < -0.4 is 11.1 Å². The van der Waals surface area contributed by atoms with Crippen molar-refractivity contribution in [2.75, 3.05) is 6.54 Å². The van der Waals surface area contributed by atoms with Gasteiger partial charge in [0.05, 0.1) is 0 Å². The molecule has 0 spiro atoms. The van der Waals surface area contributed by atoms with E-state index in [4.69, 9.17) is 5.73 Å². The maximum atomic E-state index is 12.1. The second-order valence-corrected chi connectivity index (χ2v) is 4.51. The highest BCUT2D eigenvalue weighted by Crippen LogP contribution is 2.11. The molecule has 0 fully saturated rings. The van der Waals surface area contributed by atoms with E-state index < -0.39 is 0 Å². The highest BCUT2D eigenvalue weighted by atomic mass is 16.1. The van der Waals surface area contributed by atoms with Gasteiger partial charge in [0.15, 0.2) is 0 Å². The molecule has 17 heavy (non-hydrogen) atoms. The Bertz CT molecular complexity index is 388. The van der Waals surface area contributed by atoms with E-state index in [9.17, 15) is 4.79 Å². The summed E-state index contributed by atoms with van der Waals surface area (Å²) in [6, 6.07) is 5.98. The van der Waals surface area contributed by atoms with Crippen molar-refractivity contribution < 1.29 is 4.79 Å². The second kappa shape index (κ2) is 6.40. The van der Waals surface area contributed by atoms with Gasteiger partial charge in [0.25, 0.3) is 5.91 Å². The summed E-state index contributed by atoms with van der Waals surface area (Å²) in [5, 5.41) is 2.99. The van der Waals surface area contributed by atoms with E-state index in [1.54, 1.807) is 0 Å². The molecule has 94 valence electrons. The van der Waals surface area contributed by atoms with Gasteiger partial charge < -0.3 is 11.1 Å². The molecule has 0 radical (unpaired) electrons. The predicted molar refractivity (Wildman–Crippen MR) is 71.1 cm³/mol. The number of carbonyl (C=O) groups excluding carboxylic acids is 1. The Kier molecular flexibility index (Phi) is 5.16. The molecule has 1 rings (SSSR count). The molecule has 0 aliphatic rings. The van der Waals surface area contributed by atoms with E-state index in [0.29, 0.717) is 6.54 Å². The fraction of sp³-hybridized carbons (Fsp3) is 0.500. The van der Waals surface area contributed by atoms with E-state index >= 15 is 0 Å². The zero-order chi connectivity index (χ0) is 12.8. The van der Waals surface area contributed by atoms with E-state index in [1.807, 2.05) is 32.0 Å². The lowest BCUT2D eigenvalue weighted by molar-refractivity contribution is 0.0935. The van der Waals surface area contributed by atoms with Crippen LogP contribution in [0.25, 0.3) is 0 Å². The molecule has 0 saturated heterocycles. The third-order valence-electron chi connectivity index (χ3n) is 2.89. The first-order valence-electron chi connectivity index (χ1n) is 6.16. The Hall–Kier alpha value is -1.35. The molecule has 1 atom stereocenters. The Labute approximate surface area is 103 Å². The molecule has 0 aliphatic carbocycles. The van der Waals surface area contributed by atoms with E-state index in [-0.39, 0.29) is 11.9 Å². The lowest BCUT2D eigenvalue weighted by Crippen LogP contribution is -2.40. The van der Waals surface area contributed by atoms with Gasteiger partial charge in [0.1, 0.15) is 0 Å². The van der Waals surface area contributed by atoms with Crippen LogP contribution in [-0.2, 0) is 0 Å². The summed E-state index contributed by atoms with van der Waals surface area (Å²) in [5.41, 5.74) is 8.49. The van der Waals surface area contributed by atoms with Crippen molar-refractivity contribution in [3.05, 3.63) is 34.9 Å². The fourth-order valence-corrected chi connectivity index (χ4v) is 1.84. The molecule has 0 heterocycles. The third kappa shape index (κ3) is 3.86. The molecule has 1 amide bonds. The third-order valence-corrected chi connectivity index (χ3v) is 2.89. The number of rotatable bonds is 5. The molecule has 0 bridgehead atoms. The van der Waals surface area contributed by atoms with E-state index in [2.05, 4.69) is 12.2 Å². The van der Waals surface area contributed by atoms with Crippen LogP contribution in [0.3, 0.4) is 0 Å². The molecule has 3 N–H and O–H groups in total. The van der Waals surface area contributed by atoms with Gasteiger partial charge in [-0.25, -0.2) is 0 Å². The van der Waals surface area contributed by atoms with Crippen molar-refractivity contribution in [2.45, 2.75) is 39.7 Å². The number of nitrogens with one attached hydrogen (secondary N) is 1. The van der Waals surface area contributed by atoms with Crippen LogP contribution >= 0.6 is 0 Å². The Morgan fingerprint density at radius 3 is 2.71 bits per heavy atom. The largest absolute Gasteiger partial charge is 0.348 e. The first kappa shape index (κ1) is 13.7. The lowest BCUT2D eigenvalue weighted by Gasteiger charge is -2.17. The van der Waals surface area contributed by atoms with Crippen molar-refractivity contribution in [1.82, 2.24) is 5.32 Å². The number of nitrogens with two attached hydrogens (primary N) is 1. The number of hydrogen-bond donors (Lipinski definition) is 2. The van der Waals surface area contributed by atoms with Gasteiger partial charge in [-0.2, -0.15) is 0 Å². The number of carbonyl (C=O) groups is 1. The van der Waals surface area contributed by atoms with Crippen LogP contribution in [0.2, 0.25) is 0 Å². The number of amides is 1. The molecular formula is C14H22N2O. The van der Waals surface area contributed by atoms with Crippen LogP contribution in [0.15, 0.2) is 18.2 Å². The normalized spacial score (nSPS) is 12.2. The minimum atomic E-state index is -0.0184. The van der Waals surface area contributed by atoms with Gasteiger partial charge in [-0.15, -0.1) is 0 Å². The summed E-state index contributed by atoms with van der Waals surface area (Å²) in [4.78, 5) is 12.1. The summed E-state index contributed by atoms with van der Waals surface area (Å²) in [6.07, 6.45) is 1.95. The molecule has 3 nitrogen and oxygen atoms in total. The number of aryl methyl sites for hydroxylation is 2. The maximum absolute atomic E-state index is 12.1. The summed E-state index contributed by atoms with van der Waals surface area (Å²) < 4.78 is 0. The van der Waals surface area contributed by atoms with Crippen LogP contribution in [0.1, 0.15) is 41.3 Å². The summed E-state index contributed by atoms with van der Waals surface area (Å²) in [5.74, 6) is -0.0184. The molecule has 0 saturated carbocycles. The smallest absolute Gasteiger partial charge is 0.251 e. The predicted octanol–water partition coefficient (Wildman–Crippen LogP) is 2.16. The van der Waals surface area contributed by atoms with Gasteiger partial charge in [-0.3, -0.25) is 4.79 Å². The van der Waals surface area contributed by atoms with Crippen molar-refractivity contribution in [2.24, 2.45) is 5.73 Å². The van der Waals surface area contributed by atoms with Crippen LogP contribution in [0.5, 0.6) is 0 Å². The highest BCUT2D eigenvalue weighted by Gasteiger charge is 2.13. The van der Waals surface area contributed by atoms with Gasteiger partial charge >= 0.3 is 0 Å². The standard InChI is InChI=1S/C14H22N2O/c1-4-5-12(9-15)16-14(17)13-8-10(2)6-7-11(13)3/h6-8,12H,4-5,9,15H2,1-3H3,(H,16,17). The Balaban J connectivity index is 2.78. The second-order valence-electron chi connectivity index (χ2n) is 4.51.